The molecule has 1 heterocycles. The third-order valence-electron chi connectivity index (χ3n) is 4.15. The number of aryl methyl sites for hydroxylation is 2. The van der Waals surface area contributed by atoms with E-state index in [-0.39, 0.29) is 5.75 Å². The Morgan fingerprint density at radius 2 is 1.27 bits per heavy atom. The molecule has 0 bridgehead atoms. The van der Waals surface area contributed by atoms with E-state index in [2.05, 4.69) is 9.51 Å². The highest BCUT2D eigenvalue weighted by molar-refractivity contribution is 7.46. The summed E-state index contributed by atoms with van der Waals surface area (Å²) in [5.74, 6) is 0.161. The van der Waals surface area contributed by atoms with Gasteiger partial charge in [-0.25, -0.2) is 4.57 Å². The maximum atomic E-state index is 10.6. The number of nitrogens with two attached hydrogens (primary N) is 2. The molecular weight excluding hydrogens is 401 g/mol. The number of rotatable bonds is 2. The van der Waals surface area contributed by atoms with Crippen LogP contribution in [-0.2, 0) is 4.57 Å². The van der Waals surface area contributed by atoms with E-state index >= 15 is 0 Å². The highest BCUT2D eigenvalue weighted by atomic mass is 31.2. The first-order valence-electron chi connectivity index (χ1n) is 9.11. The molecule has 7 N–H and O–H groups in total. The Morgan fingerprint density at radius 3 is 1.70 bits per heavy atom. The van der Waals surface area contributed by atoms with Gasteiger partial charge in [-0.15, -0.1) is 0 Å². The summed E-state index contributed by atoms with van der Waals surface area (Å²) < 4.78 is 15.1. The third kappa shape index (κ3) is 7.29. The van der Waals surface area contributed by atoms with E-state index in [4.69, 9.17) is 21.3 Å². The lowest BCUT2D eigenvalue weighted by Gasteiger charge is -2.04. The van der Waals surface area contributed by atoms with Crippen LogP contribution in [0.2, 0.25) is 0 Å². The Labute approximate surface area is 175 Å². The second-order valence-corrected chi connectivity index (χ2v) is 7.66. The first-order valence-corrected chi connectivity index (χ1v) is 10.6. The number of hydrogen-bond donors (Lipinski definition) is 5. The molecule has 0 fully saturated rings. The number of phosphoric ester groups is 1. The molecule has 7 nitrogen and oxygen atoms in total. The molecule has 3 aromatic carbocycles. The van der Waals surface area contributed by atoms with E-state index < -0.39 is 7.82 Å². The number of nitrogen functional groups attached to an aromatic ring is 2. The number of hydrogen-bond acceptors (Lipinski definition) is 4. The molecule has 0 saturated carbocycles. The molecule has 158 valence electrons. The molecule has 0 saturated heterocycles. The SMILES string of the molecule is Cc1ccccc1N.Cc1ccccc1N.O=P(O)(O)Oc1c[nH]c2ccccc12. The lowest BCUT2D eigenvalue weighted by molar-refractivity contribution is 0.284. The predicted molar refractivity (Wildman–Crippen MR) is 122 cm³/mol. The monoisotopic (exact) mass is 427 g/mol. The van der Waals surface area contributed by atoms with Crippen LogP contribution >= 0.6 is 7.82 Å². The Morgan fingerprint density at radius 1 is 0.800 bits per heavy atom. The van der Waals surface area contributed by atoms with Gasteiger partial charge in [0.15, 0.2) is 5.75 Å². The van der Waals surface area contributed by atoms with E-state index in [9.17, 15) is 4.57 Å². The van der Waals surface area contributed by atoms with E-state index in [0.29, 0.717) is 5.39 Å². The van der Waals surface area contributed by atoms with Crippen LogP contribution in [0.15, 0.2) is 79.0 Å². The van der Waals surface area contributed by atoms with E-state index in [1.54, 1.807) is 18.2 Å². The number of nitrogens with one attached hydrogen (secondary N) is 1. The Kier molecular flexibility index (Phi) is 8.07. The van der Waals surface area contributed by atoms with E-state index in [1.807, 2.05) is 68.4 Å². The smallest absolute Gasteiger partial charge is 0.402 e. The van der Waals surface area contributed by atoms with Gasteiger partial charge >= 0.3 is 7.82 Å². The second-order valence-electron chi connectivity index (χ2n) is 6.49. The Balaban J connectivity index is 0.000000172. The summed E-state index contributed by atoms with van der Waals surface area (Å²) in [4.78, 5) is 20.1. The van der Waals surface area contributed by atoms with E-state index in [1.165, 1.54) is 6.20 Å². The molecule has 4 rings (SSSR count). The molecule has 30 heavy (non-hydrogen) atoms. The van der Waals surface area contributed by atoms with Gasteiger partial charge in [0, 0.05) is 28.5 Å². The van der Waals surface area contributed by atoms with Gasteiger partial charge in [-0.05, 0) is 49.2 Å². The van der Waals surface area contributed by atoms with Gasteiger partial charge < -0.3 is 21.0 Å². The maximum Gasteiger partial charge on any atom is 0.524 e. The number of anilines is 2. The largest absolute Gasteiger partial charge is 0.524 e. The summed E-state index contributed by atoms with van der Waals surface area (Å²) in [6, 6.07) is 22.7. The number of fused-ring (bicyclic) bond motifs is 1. The average Bonchev–Trinajstić information content (AvgIpc) is 3.09. The number of aromatic amines is 1. The van der Waals surface area contributed by atoms with Crippen molar-refractivity contribution in [1.82, 2.24) is 4.98 Å². The van der Waals surface area contributed by atoms with Crippen molar-refractivity contribution in [2.45, 2.75) is 13.8 Å². The van der Waals surface area contributed by atoms with Crippen LogP contribution in [0.4, 0.5) is 11.4 Å². The summed E-state index contributed by atoms with van der Waals surface area (Å²) in [5, 5.41) is 0.649. The number of H-pyrrole nitrogens is 1. The van der Waals surface area contributed by atoms with Crippen LogP contribution in [0.25, 0.3) is 10.9 Å². The van der Waals surface area contributed by atoms with Crippen LogP contribution in [0, 0.1) is 13.8 Å². The zero-order valence-corrected chi connectivity index (χ0v) is 17.7. The molecule has 0 aliphatic rings. The molecule has 0 aliphatic heterocycles. The molecule has 0 radical (unpaired) electrons. The average molecular weight is 427 g/mol. The minimum Gasteiger partial charge on any atom is -0.402 e. The van der Waals surface area contributed by atoms with Crippen LogP contribution in [0.5, 0.6) is 5.75 Å². The van der Waals surface area contributed by atoms with Gasteiger partial charge in [0.05, 0.1) is 0 Å². The van der Waals surface area contributed by atoms with Gasteiger partial charge in [0.1, 0.15) is 0 Å². The lowest BCUT2D eigenvalue weighted by Crippen LogP contribution is -1.88. The first kappa shape index (κ1) is 23.0. The lowest BCUT2D eigenvalue weighted by atomic mass is 10.2. The Bertz CT molecular complexity index is 1050. The van der Waals surface area contributed by atoms with Crippen molar-refractivity contribution in [2.75, 3.05) is 11.5 Å². The van der Waals surface area contributed by atoms with Gasteiger partial charge in [0.25, 0.3) is 0 Å². The standard InChI is InChI=1S/C8H8NO4P.2C7H9N/c10-14(11,12)13-8-5-9-7-4-2-1-3-6(7)8;2*1-6-4-2-3-5-7(6)8/h1-5,9H,(H2,10,11,12);2*2-5H,8H2,1H3. The van der Waals surface area contributed by atoms with Crippen LogP contribution < -0.4 is 16.0 Å². The van der Waals surface area contributed by atoms with Crippen LogP contribution in [0.3, 0.4) is 0 Å². The number of para-hydroxylation sites is 3. The molecule has 0 spiro atoms. The Hall–Kier alpha value is -3.25. The fourth-order valence-electron chi connectivity index (χ4n) is 2.42. The summed E-state index contributed by atoms with van der Waals surface area (Å²) in [6.07, 6.45) is 1.42. The molecule has 0 atom stereocenters. The highest BCUT2D eigenvalue weighted by Crippen LogP contribution is 2.40. The minimum absolute atomic E-state index is 0.161. The number of benzene rings is 3. The fourth-order valence-corrected chi connectivity index (χ4v) is 2.83. The van der Waals surface area contributed by atoms with Gasteiger partial charge in [-0.1, -0.05) is 48.5 Å². The molecule has 1 aromatic heterocycles. The first-order chi connectivity index (χ1) is 14.2. The predicted octanol–water partition coefficient (Wildman–Crippen LogP) is 4.79. The van der Waals surface area contributed by atoms with Crippen LogP contribution in [-0.4, -0.2) is 14.8 Å². The topological polar surface area (TPSA) is 135 Å². The van der Waals surface area contributed by atoms with Crippen molar-refractivity contribution in [3.63, 3.8) is 0 Å². The highest BCUT2D eigenvalue weighted by Gasteiger charge is 2.18. The zero-order chi connectivity index (χ0) is 22.1. The normalized spacial score (nSPS) is 10.4. The van der Waals surface area contributed by atoms with Gasteiger partial charge in [-0.2, -0.15) is 0 Å². The van der Waals surface area contributed by atoms with Crippen molar-refractivity contribution in [2.24, 2.45) is 0 Å². The van der Waals surface area contributed by atoms with Crippen LogP contribution in [0.1, 0.15) is 11.1 Å². The van der Waals surface area contributed by atoms with Crippen molar-refractivity contribution in [1.29, 1.82) is 0 Å². The summed E-state index contributed by atoms with van der Waals surface area (Å²) in [5.41, 5.74) is 15.8. The number of phosphoric acid groups is 1. The quantitative estimate of drug-likeness (QED) is 0.230. The molecule has 4 aromatic rings. The molecule has 0 aliphatic carbocycles. The summed E-state index contributed by atoms with van der Waals surface area (Å²) in [7, 11) is -4.48. The molecule has 0 unspecified atom stereocenters. The molecule has 0 amide bonds. The zero-order valence-electron chi connectivity index (χ0n) is 16.8. The third-order valence-corrected chi connectivity index (χ3v) is 4.58. The summed E-state index contributed by atoms with van der Waals surface area (Å²) in [6.45, 7) is 3.99. The molecule has 8 heteroatoms. The van der Waals surface area contributed by atoms with Crippen molar-refractivity contribution in [3.05, 3.63) is 90.1 Å². The van der Waals surface area contributed by atoms with Crippen molar-refractivity contribution in [3.8, 4) is 5.75 Å². The minimum atomic E-state index is -4.48. The second kappa shape index (κ2) is 10.5. The van der Waals surface area contributed by atoms with Gasteiger partial charge in [0.2, 0.25) is 0 Å². The number of aromatic nitrogens is 1. The van der Waals surface area contributed by atoms with Gasteiger partial charge in [-0.3, -0.25) is 9.79 Å². The van der Waals surface area contributed by atoms with Crippen molar-refractivity contribution < 1.29 is 18.9 Å². The van der Waals surface area contributed by atoms with E-state index in [0.717, 1.165) is 28.0 Å². The maximum absolute atomic E-state index is 10.6. The van der Waals surface area contributed by atoms with Crippen molar-refractivity contribution >= 4 is 30.1 Å². The molecular formula is C22H26N3O4P. The summed E-state index contributed by atoms with van der Waals surface area (Å²) >= 11 is 0. The fraction of sp³-hybridized carbons (Fsp3) is 0.0909.